The minimum Gasteiger partial charge on any atom is -0.389 e. The minimum absolute atomic E-state index is 0.457. The lowest BCUT2D eigenvalue weighted by atomic mass is 10.0. The second-order valence-electron chi connectivity index (χ2n) is 4.82. The van der Waals surface area contributed by atoms with E-state index in [1.54, 1.807) is 0 Å². The summed E-state index contributed by atoms with van der Waals surface area (Å²) in [6, 6.07) is 12.5. The molecule has 0 amide bonds. The molecule has 2 rings (SSSR count). The maximum absolute atomic E-state index is 5.80. The lowest BCUT2D eigenvalue weighted by Gasteiger charge is -2.22. The molecule has 0 fully saturated rings. The quantitative estimate of drug-likeness (QED) is 0.841. The zero-order valence-corrected chi connectivity index (χ0v) is 12.3. The Kier molecular flexibility index (Phi) is 4.38. The number of hydrogen-bond acceptors (Lipinski definition) is 2. The molecular weight excluding hydrogens is 252 g/mol. The van der Waals surface area contributed by atoms with E-state index < -0.39 is 0 Å². The molecule has 2 aromatic rings. The highest BCUT2D eigenvalue weighted by atomic mass is 32.1. The third-order valence-electron chi connectivity index (χ3n) is 3.42. The number of nitrogens with two attached hydrogens (primary N) is 1. The van der Waals surface area contributed by atoms with E-state index in [1.807, 2.05) is 12.1 Å². The molecule has 0 heterocycles. The van der Waals surface area contributed by atoms with Gasteiger partial charge in [0.2, 0.25) is 0 Å². The van der Waals surface area contributed by atoms with Crippen molar-refractivity contribution in [3.05, 3.63) is 42.0 Å². The van der Waals surface area contributed by atoms with E-state index in [0.29, 0.717) is 4.99 Å². The zero-order valence-electron chi connectivity index (χ0n) is 11.5. The number of rotatable bonds is 5. The van der Waals surface area contributed by atoms with Gasteiger partial charge in [-0.05, 0) is 23.9 Å². The molecule has 0 aliphatic heterocycles. The van der Waals surface area contributed by atoms with Crippen molar-refractivity contribution in [2.24, 2.45) is 5.73 Å². The Morgan fingerprint density at radius 2 is 1.84 bits per heavy atom. The normalized spacial score (nSPS) is 10.6. The monoisotopic (exact) mass is 272 g/mol. The van der Waals surface area contributed by atoms with E-state index in [0.717, 1.165) is 17.5 Å². The average Bonchev–Trinajstić information content (AvgIpc) is 2.43. The highest BCUT2D eigenvalue weighted by Crippen LogP contribution is 2.29. The maximum Gasteiger partial charge on any atom is 0.104 e. The fourth-order valence-corrected chi connectivity index (χ4v) is 2.52. The second kappa shape index (κ2) is 6.02. The molecule has 0 bridgehead atoms. The first-order valence-electron chi connectivity index (χ1n) is 6.67. The van der Waals surface area contributed by atoms with Crippen molar-refractivity contribution in [3.8, 4) is 0 Å². The summed E-state index contributed by atoms with van der Waals surface area (Å²) in [4.78, 5) is 2.76. The van der Waals surface area contributed by atoms with Crippen LogP contribution < -0.4 is 10.6 Å². The molecule has 0 aliphatic carbocycles. The fourth-order valence-electron chi connectivity index (χ4n) is 2.35. The first kappa shape index (κ1) is 13.8. The summed E-state index contributed by atoms with van der Waals surface area (Å²) < 4.78 is 0. The highest BCUT2D eigenvalue weighted by molar-refractivity contribution is 7.80. The maximum atomic E-state index is 5.80. The van der Waals surface area contributed by atoms with E-state index >= 15 is 0 Å². The van der Waals surface area contributed by atoms with Crippen LogP contribution in [0.3, 0.4) is 0 Å². The van der Waals surface area contributed by atoms with Crippen LogP contribution in [0.15, 0.2) is 36.4 Å². The summed E-state index contributed by atoms with van der Waals surface area (Å²) in [6.45, 7) is 3.27. The molecule has 0 spiro atoms. The number of fused-ring (bicyclic) bond motifs is 1. The van der Waals surface area contributed by atoms with Crippen LogP contribution in [0, 0.1) is 0 Å². The van der Waals surface area contributed by atoms with Gasteiger partial charge in [0.1, 0.15) is 4.99 Å². The Balaban J connectivity index is 2.52. The first-order valence-corrected chi connectivity index (χ1v) is 7.08. The molecule has 19 heavy (non-hydrogen) atoms. The van der Waals surface area contributed by atoms with E-state index in [9.17, 15) is 0 Å². The molecule has 0 unspecified atom stereocenters. The van der Waals surface area contributed by atoms with E-state index in [-0.39, 0.29) is 0 Å². The molecule has 0 saturated carbocycles. The van der Waals surface area contributed by atoms with Crippen LogP contribution in [0.4, 0.5) is 5.69 Å². The predicted octanol–water partition coefficient (Wildman–Crippen LogP) is 3.71. The van der Waals surface area contributed by atoms with Crippen LogP contribution in [0.25, 0.3) is 10.8 Å². The van der Waals surface area contributed by atoms with Gasteiger partial charge in [-0.1, -0.05) is 49.8 Å². The minimum atomic E-state index is 0.457. The van der Waals surface area contributed by atoms with Gasteiger partial charge in [-0.2, -0.15) is 0 Å². The molecule has 0 aliphatic rings. The molecule has 100 valence electrons. The van der Waals surface area contributed by atoms with E-state index in [1.165, 1.54) is 23.9 Å². The second-order valence-corrected chi connectivity index (χ2v) is 5.26. The number of benzene rings is 2. The smallest absolute Gasteiger partial charge is 0.104 e. The van der Waals surface area contributed by atoms with Crippen LogP contribution in [0.2, 0.25) is 0 Å². The zero-order chi connectivity index (χ0) is 13.8. The van der Waals surface area contributed by atoms with Gasteiger partial charge in [0.25, 0.3) is 0 Å². The molecule has 2 N–H and O–H groups in total. The van der Waals surface area contributed by atoms with Crippen LogP contribution in [0.1, 0.15) is 25.3 Å². The van der Waals surface area contributed by atoms with Gasteiger partial charge in [-0.15, -0.1) is 0 Å². The van der Waals surface area contributed by atoms with Gasteiger partial charge in [-0.3, -0.25) is 0 Å². The Morgan fingerprint density at radius 3 is 2.47 bits per heavy atom. The standard InChI is InChI=1S/C16H20N2S/c1-3-4-11-18(2)15-10-9-14(16(17)19)12-7-5-6-8-13(12)15/h5-10H,3-4,11H2,1-2H3,(H2,17,19). The summed E-state index contributed by atoms with van der Waals surface area (Å²) >= 11 is 5.13. The molecule has 0 atom stereocenters. The highest BCUT2D eigenvalue weighted by Gasteiger charge is 2.10. The third-order valence-corrected chi connectivity index (χ3v) is 3.64. The van der Waals surface area contributed by atoms with E-state index in [2.05, 4.69) is 43.1 Å². The Hall–Kier alpha value is -1.61. The Labute approximate surface area is 120 Å². The van der Waals surface area contributed by atoms with Crippen LogP contribution in [-0.2, 0) is 0 Å². The van der Waals surface area contributed by atoms with E-state index in [4.69, 9.17) is 18.0 Å². The summed E-state index contributed by atoms with van der Waals surface area (Å²) in [5.41, 5.74) is 8.00. The van der Waals surface area contributed by atoms with Crippen LogP contribution in [0.5, 0.6) is 0 Å². The fraction of sp³-hybridized carbons (Fsp3) is 0.312. The average molecular weight is 272 g/mol. The van der Waals surface area contributed by atoms with Crippen molar-refractivity contribution in [3.63, 3.8) is 0 Å². The van der Waals surface area contributed by atoms with Crippen molar-refractivity contribution in [1.29, 1.82) is 0 Å². The van der Waals surface area contributed by atoms with Gasteiger partial charge in [0.05, 0.1) is 0 Å². The summed E-state index contributed by atoms with van der Waals surface area (Å²) in [5, 5.41) is 2.35. The SMILES string of the molecule is CCCCN(C)c1ccc(C(N)=S)c2ccccc12. The molecule has 0 saturated heterocycles. The van der Waals surface area contributed by atoms with Gasteiger partial charge in [0, 0.05) is 30.2 Å². The van der Waals surface area contributed by atoms with Crippen LogP contribution >= 0.6 is 12.2 Å². The Bertz CT molecular complexity index is 592. The van der Waals surface area contributed by atoms with Gasteiger partial charge >= 0.3 is 0 Å². The Morgan fingerprint density at radius 1 is 1.16 bits per heavy atom. The predicted molar refractivity (Wildman–Crippen MR) is 88.0 cm³/mol. The number of anilines is 1. The molecule has 0 aromatic heterocycles. The molecule has 2 nitrogen and oxygen atoms in total. The topological polar surface area (TPSA) is 29.3 Å². The number of unbranched alkanes of at least 4 members (excludes halogenated alkanes) is 1. The first-order chi connectivity index (χ1) is 9.15. The lowest BCUT2D eigenvalue weighted by Crippen LogP contribution is -2.19. The van der Waals surface area contributed by atoms with Crippen molar-refractivity contribution < 1.29 is 0 Å². The summed E-state index contributed by atoms with van der Waals surface area (Å²) in [6.07, 6.45) is 2.40. The van der Waals surface area contributed by atoms with Crippen LogP contribution in [-0.4, -0.2) is 18.6 Å². The third kappa shape index (κ3) is 2.87. The summed E-state index contributed by atoms with van der Waals surface area (Å²) in [7, 11) is 2.14. The van der Waals surface area contributed by atoms with Crippen molar-refractivity contribution in [2.45, 2.75) is 19.8 Å². The van der Waals surface area contributed by atoms with Crippen molar-refractivity contribution >= 4 is 33.7 Å². The number of nitrogens with zero attached hydrogens (tertiary/aromatic N) is 1. The molecule has 3 heteroatoms. The number of thiocarbonyl (C=S) groups is 1. The largest absolute Gasteiger partial charge is 0.389 e. The summed E-state index contributed by atoms with van der Waals surface area (Å²) in [5.74, 6) is 0. The number of hydrogen-bond donors (Lipinski definition) is 1. The van der Waals surface area contributed by atoms with Gasteiger partial charge in [0.15, 0.2) is 0 Å². The van der Waals surface area contributed by atoms with Gasteiger partial charge < -0.3 is 10.6 Å². The molecule has 2 aromatic carbocycles. The van der Waals surface area contributed by atoms with Crippen molar-refractivity contribution in [2.75, 3.05) is 18.5 Å². The lowest BCUT2D eigenvalue weighted by molar-refractivity contribution is 0.768. The van der Waals surface area contributed by atoms with Crippen molar-refractivity contribution in [1.82, 2.24) is 0 Å². The molecule has 0 radical (unpaired) electrons. The van der Waals surface area contributed by atoms with Gasteiger partial charge in [-0.25, -0.2) is 0 Å². The molecular formula is C16H20N2S.